The van der Waals surface area contributed by atoms with E-state index in [1.54, 1.807) is 16.7 Å². The lowest BCUT2D eigenvalue weighted by Crippen LogP contribution is -2.29. The molecule has 1 fully saturated rings. The topological polar surface area (TPSA) is 35.9 Å². The molecule has 6 heteroatoms. The average Bonchev–Trinajstić information content (AvgIpc) is 3.19. The largest absolute Gasteiger partial charge is 0.334 e. The van der Waals surface area contributed by atoms with E-state index < -0.39 is 0 Å². The van der Waals surface area contributed by atoms with E-state index in [-0.39, 0.29) is 5.91 Å². The van der Waals surface area contributed by atoms with Crippen LogP contribution in [0.25, 0.3) is 0 Å². The minimum absolute atomic E-state index is 0.0425. The highest BCUT2D eigenvalue weighted by atomic mass is 32.2. The third-order valence-corrected chi connectivity index (χ3v) is 6.66. The van der Waals surface area contributed by atoms with Crippen LogP contribution in [0.5, 0.6) is 0 Å². The second-order valence-electron chi connectivity index (χ2n) is 5.83. The van der Waals surface area contributed by atoms with Crippen molar-refractivity contribution < 1.29 is 4.79 Å². The van der Waals surface area contributed by atoms with Crippen LogP contribution < -0.4 is 4.90 Å². The average molecular weight is 382 g/mol. The van der Waals surface area contributed by atoms with E-state index >= 15 is 0 Å². The lowest BCUT2D eigenvalue weighted by Gasteiger charge is -2.19. The van der Waals surface area contributed by atoms with Crippen LogP contribution in [0.1, 0.15) is 13.8 Å². The number of aliphatic imine (C=N–C) groups is 1. The van der Waals surface area contributed by atoms with Gasteiger partial charge >= 0.3 is 0 Å². The highest BCUT2D eigenvalue weighted by molar-refractivity contribution is 8.19. The van der Waals surface area contributed by atoms with Gasteiger partial charge < -0.3 is 4.90 Å². The van der Waals surface area contributed by atoms with Crippen molar-refractivity contribution >= 4 is 46.0 Å². The van der Waals surface area contributed by atoms with E-state index in [0.29, 0.717) is 6.54 Å². The number of hydrogen-bond acceptors (Lipinski definition) is 5. The molecule has 0 bridgehead atoms. The van der Waals surface area contributed by atoms with Crippen LogP contribution in [-0.2, 0) is 4.79 Å². The number of benzene rings is 2. The van der Waals surface area contributed by atoms with E-state index in [1.165, 1.54) is 22.3 Å². The number of thioether (sulfide) groups is 2. The summed E-state index contributed by atoms with van der Waals surface area (Å²) in [6.45, 7) is 5.54. The lowest BCUT2D eigenvalue weighted by atomic mass is 10.3. The lowest BCUT2D eigenvalue weighted by molar-refractivity contribution is -0.122. The van der Waals surface area contributed by atoms with Crippen LogP contribution in [0, 0.1) is 0 Å². The van der Waals surface area contributed by atoms with Crippen molar-refractivity contribution in [2.24, 2.45) is 4.99 Å². The summed E-state index contributed by atoms with van der Waals surface area (Å²) >= 11 is 3.15. The first-order chi connectivity index (χ1) is 12.7. The number of amidine groups is 1. The Morgan fingerprint density at radius 3 is 2.31 bits per heavy atom. The normalized spacial score (nSPS) is 21.0. The summed E-state index contributed by atoms with van der Waals surface area (Å²) < 4.78 is 0. The maximum absolute atomic E-state index is 13.1. The smallest absolute Gasteiger partial charge is 0.269 e. The number of para-hydroxylation sites is 2. The summed E-state index contributed by atoms with van der Waals surface area (Å²) in [5.41, 5.74) is 2.04. The number of amides is 1. The second kappa shape index (κ2) is 7.21. The fourth-order valence-electron chi connectivity index (χ4n) is 3.03. The van der Waals surface area contributed by atoms with Crippen molar-refractivity contribution in [2.45, 2.75) is 18.7 Å². The zero-order chi connectivity index (χ0) is 18.1. The molecule has 4 rings (SSSR count). The zero-order valence-electron chi connectivity index (χ0n) is 14.7. The van der Waals surface area contributed by atoms with Gasteiger partial charge in [0.25, 0.3) is 5.91 Å². The molecule has 0 aromatic heterocycles. The first-order valence-electron chi connectivity index (χ1n) is 8.65. The van der Waals surface area contributed by atoms with Gasteiger partial charge in [-0.3, -0.25) is 9.69 Å². The number of carbonyl (C=O) groups is 1. The summed E-state index contributed by atoms with van der Waals surface area (Å²) in [5.74, 6) is 0.0425. The predicted octanol–water partition coefficient (Wildman–Crippen LogP) is 5.07. The molecule has 4 nitrogen and oxygen atoms in total. The van der Waals surface area contributed by atoms with Gasteiger partial charge in [0.05, 0.1) is 11.4 Å². The van der Waals surface area contributed by atoms with Crippen molar-refractivity contribution in [2.75, 3.05) is 18.0 Å². The van der Waals surface area contributed by atoms with Crippen LogP contribution in [0.3, 0.4) is 0 Å². The quantitative estimate of drug-likeness (QED) is 0.696. The zero-order valence-corrected chi connectivity index (χ0v) is 16.3. The number of anilines is 1. The standard InChI is InChI=1S/C20H19N3OS2/c1-3-22-15-12-8-9-13-16(15)25-19(22)17-18(24)23(4-2)20(26-17)21-14-10-6-5-7-11-14/h5-13H,3-4H2,1-2H3/b19-17-,21-20?. The van der Waals surface area contributed by atoms with Gasteiger partial charge in [0.1, 0.15) is 9.93 Å². The molecule has 2 aromatic carbocycles. The predicted molar refractivity (Wildman–Crippen MR) is 111 cm³/mol. The van der Waals surface area contributed by atoms with Gasteiger partial charge in [-0.2, -0.15) is 0 Å². The molecule has 0 aliphatic carbocycles. The molecule has 0 saturated carbocycles. The molecule has 2 aliphatic heterocycles. The molecule has 0 atom stereocenters. The fraction of sp³-hybridized carbons (Fsp3) is 0.200. The van der Waals surface area contributed by atoms with Gasteiger partial charge in [0.2, 0.25) is 0 Å². The van der Waals surface area contributed by atoms with Crippen LogP contribution in [0.15, 0.2) is 74.4 Å². The first kappa shape index (κ1) is 17.2. The van der Waals surface area contributed by atoms with Crippen molar-refractivity contribution in [3.63, 3.8) is 0 Å². The van der Waals surface area contributed by atoms with Gasteiger partial charge in [-0.25, -0.2) is 4.99 Å². The molecule has 0 spiro atoms. The van der Waals surface area contributed by atoms with E-state index in [0.717, 1.165) is 27.3 Å². The molecular formula is C20H19N3OS2. The highest BCUT2D eigenvalue weighted by Crippen LogP contribution is 2.50. The van der Waals surface area contributed by atoms with Crippen molar-refractivity contribution in [3.8, 4) is 0 Å². The third kappa shape index (κ3) is 2.93. The molecule has 2 aliphatic rings. The van der Waals surface area contributed by atoms with Crippen LogP contribution >= 0.6 is 23.5 Å². The molecule has 132 valence electrons. The highest BCUT2D eigenvalue weighted by Gasteiger charge is 2.38. The third-order valence-electron chi connectivity index (χ3n) is 4.28. The SMILES string of the molecule is CCN1C(=O)/C(=C2/Sc3ccccc3N2CC)SC1=Nc1ccccc1. The molecule has 2 aromatic rings. The summed E-state index contributed by atoms with van der Waals surface area (Å²) in [4.78, 5) is 23.7. The number of nitrogens with zero attached hydrogens (tertiary/aromatic N) is 3. The minimum Gasteiger partial charge on any atom is -0.334 e. The van der Waals surface area contributed by atoms with Crippen molar-refractivity contribution in [1.29, 1.82) is 0 Å². The monoisotopic (exact) mass is 381 g/mol. The Bertz CT molecular complexity index is 908. The summed E-state index contributed by atoms with van der Waals surface area (Å²) in [5, 5.41) is 1.76. The van der Waals surface area contributed by atoms with E-state index in [4.69, 9.17) is 4.99 Å². The molecule has 0 unspecified atom stereocenters. The Morgan fingerprint density at radius 2 is 1.58 bits per heavy atom. The van der Waals surface area contributed by atoms with Gasteiger partial charge in [-0.15, -0.1) is 0 Å². The van der Waals surface area contributed by atoms with E-state index in [1.807, 2.05) is 49.4 Å². The van der Waals surface area contributed by atoms with Crippen molar-refractivity contribution in [3.05, 3.63) is 64.5 Å². The molecule has 0 radical (unpaired) electrons. The molecule has 1 saturated heterocycles. The van der Waals surface area contributed by atoms with Crippen LogP contribution in [-0.4, -0.2) is 29.1 Å². The number of rotatable bonds is 3. The van der Waals surface area contributed by atoms with E-state index in [2.05, 4.69) is 24.0 Å². The maximum atomic E-state index is 13.1. The molecule has 0 N–H and O–H groups in total. The Hall–Kier alpha value is -2.18. The van der Waals surface area contributed by atoms with Crippen LogP contribution in [0.2, 0.25) is 0 Å². The van der Waals surface area contributed by atoms with Gasteiger partial charge in [0, 0.05) is 18.0 Å². The Balaban J connectivity index is 1.75. The first-order valence-corrected chi connectivity index (χ1v) is 10.3. The molecule has 2 heterocycles. The minimum atomic E-state index is 0.0425. The Labute approximate surface area is 162 Å². The fourth-order valence-corrected chi connectivity index (χ4v) is 5.48. The van der Waals surface area contributed by atoms with Gasteiger partial charge in [0.15, 0.2) is 5.17 Å². The van der Waals surface area contributed by atoms with Gasteiger partial charge in [-0.1, -0.05) is 42.1 Å². The number of hydrogen-bond donors (Lipinski definition) is 0. The molecule has 1 amide bonds. The summed E-state index contributed by atoms with van der Waals surface area (Å²) in [6.07, 6.45) is 0. The summed E-state index contributed by atoms with van der Waals surface area (Å²) in [7, 11) is 0. The summed E-state index contributed by atoms with van der Waals surface area (Å²) in [6, 6.07) is 18.1. The van der Waals surface area contributed by atoms with Crippen molar-refractivity contribution in [1.82, 2.24) is 4.90 Å². The van der Waals surface area contributed by atoms with Crippen LogP contribution in [0.4, 0.5) is 11.4 Å². The Morgan fingerprint density at radius 1 is 0.885 bits per heavy atom. The second-order valence-corrected chi connectivity index (χ2v) is 7.84. The van der Waals surface area contributed by atoms with Gasteiger partial charge in [-0.05, 0) is 49.9 Å². The number of likely N-dealkylation sites (N-methyl/N-ethyl adjacent to an activating group) is 1. The number of carbonyl (C=O) groups excluding carboxylic acids is 1. The Kier molecular flexibility index (Phi) is 4.78. The molecule has 26 heavy (non-hydrogen) atoms. The number of fused-ring (bicyclic) bond motifs is 1. The van der Waals surface area contributed by atoms with E-state index in [9.17, 15) is 4.79 Å². The maximum Gasteiger partial charge on any atom is 0.269 e. The molecular weight excluding hydrogens is 362 g/mol.